The van der Waals surface area contributed by atoms with Crippen molar-refractivity contribution in [2.24, 2.45) is 0 Å². The maximum absolute atomic E-state index is 12.0. The minimum atomic E-state index is -1.22. The minimum Gasteiger partial charge on any atom is -0.508 e. The molecule has 0 aromatic heterocycles. The largest absolute Gasteiger partial charge is 0.508 e. The second kappa shape index (κ2) is 5.72. The predicted molar refractivity (Wildman–Crippen MR) is 76.1 cm³/mol. The molecule has 7 heteroatoms. The average molecular weight is 308 g/mol. The lowest BCUT2D eigenvalue weighted by Gasteiger charge is -2.08. The van der Waals surface area contributed by atoms with Gasteiger partial charge in [0.05, 0.1) is 10.6 Å². The van der Waals surface area contributed by atoms with Gasteiger partial charge in [0.2, 0.25) is 0 Å². The lowest BCUT2D eigenvalue weighted by Crippen LogP contribution is -2.12. The molecule has 108 valence electrons. The highest BCUT2D eigenvalue weighted by molar-refractivity contribution is 6.33. The van der Waals surface area contributed by atoms with E-state index in [1.54, 1.807) is 0 Å². The van der Waals surface area contributed by atoms with Gasteiger partial charge >= 0.3 is 5.97 Å². The number of halogens is 1. The molecule has 0 bridgehead atoms. The number of carboxylic acids is 1. The van der Waals surface area contributed by atoms with Crippen LogP contribution in [0.15, 0.2) is 36.4 Å². The van der Waals surface area contributed by atoms with E-state index in [4.69, 9.17) is 16.7 Å². The average Bonchev–Trinajstić information content (AvgIpc) is 2.39. The molecule has 4 N–H and O–H groups in total. The number of phenols is 2. The Morgan fingerprint density at radius 1 is 1.00 bits per heavy atom. The van der Waals surface area contributed by atoms with E-state index in [-0.39, 0.29) is 33.3 Å². The van der Waals surface area contributed by atoms with Gasteiger partial charge in [-0.3, -0.25) is 4.79 Å². The molecular formula is C14H10ClNO5. The maximum Gasteiger partial charge on any atom is 0.337 e. The Morgan fingerprint density at radius 2 is 1.62 bits per heavy atom. The molecule has 2 rings (SSSR count). The first-order valence-corrected chi connectivity index (χ1v) is 6.12. The third-order valence-electron chi connectivity index (χ3n) is 2.62. The first-order valence-electron chi connectivity index (χ1n) is 5.74. The van der Waals surface area contributed by atoms with Crippen LogP contribution in [0, 0.1) is 0 Å². The Morgan fingerprint density at radius 3 is 2.19 bits per heavy atom. The number of aromatic hydroxyl groups is 2. The van der Waals surface area contributed by atoms with Crippen molar-refractivity contribution in [1.82, 2.24) is 0 Å². The van der Waals surface area contributed by atoms with Crippen LogP contribution in [0.3, 0.4) is 0 Å². The lowest BCUT2D eigenvalue weighted by molar-refractivity contribution is 0.0696. The number of amides is 1. The predicted octanol–water partition coefficient (Wildman–Crippen LogP) is 2.70. The fourth-order valence-electron chi connectivity index (χ4n) is 1.70. The van der Waals surface area contributed by atoms with Crippen LogP contribution in [0.2, 0.25) is 5.02 Å². The van der Waals surface area contributed by atoms with Crippen molar-refractivity contribution in [3.8, 4) is 11.5 Å². The van der Waals surface area contributed by atoms with Crippen LogP contribution in [0.5, 0.6) is 11.5 Å². The van der Waals surface area contributed by atoms with Gasteiger partial charge in [0.15, 0.2) is 0 Å². The molecule has 2 aromatic carbocycles. The molecule has 0 fully saturated rings. The van der Waals surface area contributed by atoms with Crippen LogP contribution >= 0.6 is 11.6 Å². The van der Waals surface area contributed by atoms with Crippen LogP contribution in [-0.2, 0) is 0 Å². The monoisotopic (exact) mass is 307 g/mol. The second-order valence-corrected chi connectivity index (χ2v) is 4.60. The number of carboxylic acid groups (broad SMARTS) is 1. The van der Waals surface area contributed by atoms with E-state index in [9.17, 15) is 19.8 Å². The van der Waals surface area contributed by atoms with E-state index in [1.165, 1.54) is 30.3 Å². The Kier molecular flexibility index (Phi) is 4.00. The summed E-state index contributed by atoms with van der Waals surface area (Å²) in [6.45, 7) is 0. The number of carbonyl (C=O) groups is 2. The molecule has 0 aliphatic carbocycles. The van der Waals surface area contributed by atoms with Crippen molar-refractivity contribution >= 4 is 29.2 Å². The second-order valence-electron chi connectivity index (χ2n) is 4.19. The topological polar surface area (TPSA) is 107 Å². The summed E-state index contributed by atoms with van der Waals surface area (Å²) in [7, 11) is 0. The number of carbonyl (C=O) groups excluding carboxylic acids is 1. The van der Waals surface area contributed by atoms with Crippen molar-refractivity contribution in [3.63, 3.8) is 0 Å². The molecule has 1 amide bonds. The zero-order valence-electron chi connectivity index (χ0n) is 10.5. The highest BCUT2D eigenvalue weighted by atomic mass is 35.5. The van der Waals surface area contributed by atoms with Gasteiger partial charge in [0, 0.05) is 17.3 Å². The van der Waals surface area contributed by atoms with E-state index in [2.05, 4.69) is 5.32 Å². The van der Waals surface area contributed by atoms with Crippen LogP contribution in [0.25, 0.3) is 0 Å². The number of phenolic OH excluding ortho intramolecular Hbond substituents is 2. The summed E-state index contributed by atoms with van der Waals surface area (Å²) in [5.41, 5.74) is 0.109. The van der Waals surface area contributed by atoms with Crippen molar-refractivity contribution < 1.29 is 24.9 Å². The standard InChI is InChI=1S/C14H10ClNO5/c15-12-2-1-8(5-11(12)14(20)21)16-13(19)7-3-9(17)6-10(18)4-7/h1-6,17-18H,(H,16,19)(H,20,21). The van der Waals surface area contributed by atoms with E-state index >= 15 is 0 Å². The van der Waals surface area contributed by atoms with Crippen LogP contribution in [-0.4, -0.2) is 27.2 Å². The summed E-state index contributed by atoms with van der Waals surface area (Å²) >= 11 is 5.73. The third-order valence-corrected chi connectivity index (χ3v) is 2.95. The van der Waals surface area contributed by atoms with Gasteiger partial charge in [-0.1, -0.05) is 11.6 Å². The summed E-state index contributed by atoms with van der Waals surface area (Å²) in [5.74, 6) is -2.35. The number of nitrogens with one attached hydrogen (secondary N) is 1. The van der Waals surface area contributed by atoms with Crippen LogP contribution in [0.1, 0.15) is 20.7 Å². The van der Waals surface area contributed by atoms with Gasteiger partial charge in [-0.15, -0.1) is 0 Å². The highest BCUT2D eigenvalue weighted by Crippen LogP contribution is 2.23. The third kappa shape index (κ3) is 3.43. The van der Waals surface area contributed by atoms with E-state index < -0.39 is 11.9 Å². The molecule has 0 aliphatic rings. The van der Waals surface area contributed by atoms with Crippen LogP contribution < -0.4 is 5.32 Å². The fourth-order valence-corrected chi connectivity index (χ4v) is 1.89. The van der Waals surface area contributed by atoms with Crippen molar-refractivity contribution in [2.45, 2.75) is 0 Å². The maximum atomic E-state index is 12.0. The van der Waals surface area contributed by atoms with Gasteiger partial charge < -0.3 is 20.6 Å². The molecule has 0 atom stereocenters. The summed E-state index contributed by atoms with van der Waals surface area (Å²) in [6, 6.07) is 7.43. The molecule has 0 unspecified atom stereocenters. The lowest BCUT2D eigenvalue weighted by atomic mass is 10.1. The van der Waals surface area contributed by atoms with Crippen molar-refractivity contribution in [3.05, 3.63) is 52.5 Å². The molecule has 2 aromatic rings. The summed E-state index contributed by atoms with van der Waals surface area (Å²) < 4.78 is 0. The van der Waals surface area contributed by atoms with Crippen molar-refractivity contribution in [1.29, 1.82) is 0 Å². The Bertz CT molecular complexity index is 709. The molecule has 0 saturated heterocycles. The van der Waals surface area contributed by atoms with Crippen LogP contribution in [0.4, 0.5) is 5.69 Å². The number of hydrogen-bond acceptors (Lipinski definition) is 4. The first-order chi connectivity index (χ1) is 9.86. The van der Waals surface area contributed by atoms with E-state index in [1.807, 2.05) is 0 Å². The first kappa shape index (κ1) is 14.7. The number of aromatic carboxylic acids is 1. The molecule has 0 spiro atoms. The quantitative estimate of drug-likeness (QED) is 0.697. The smallest absolute Gasteiger partial charge is 0.337 e. The number of hydrogen-bond donors (Lipinski definition) is 4. The molecule has 0 aliphatic heterocycles. The van der Waals surface area contributed by atoms with Gasteiger partial charge in [0.1, 0.15) is 11.5 Å². The Hall–Kier alpha value is -2.73. The minimum absolute atomic E-state index is 0.0272. The Labute approximate surface area is 124 Å². The highest BCUT2D eigenvalue weighted by Gasteiger charge is 2.13. The van der Waals surface area contributed by atoms with E-state index in [0.717, 1.165) is 6.07 Å². The van der Waals surface area contributed by atoms with Crippen molar-refractivity contribution in [2.75, 3.05) is 5.32 Å². The molecule has 21 heavy (non-hydrogen) atoms. The molecule has 6 nitrogen and oxygen atoms in total. The normalized spacial score (nSPS) is 10.1. The zero-order valence-corrected chi connectivity index (χ0v) is 11.3. The number of anilines is 1. The molecular weight excluding hydrogens is 298 g/mol. The summed E-state index contributed by atoms with van der Waals surface area (Å²) in [6.07, 6.45) is 0. The van der Waals surface area contributed by atoms with Gasteiger partial charge in [0.25, 0.3) is 5.91 Å². The fraction of sp³-hybridized carbons (Fsp3) is 0. The molecule has 0 heterocycles. The summed E-state index contributed by atoms with van der Waals surface area (Å²) in [4.78, 5) is 22.9. The van der Waals surface area contributed by atoms with Gasteiger partial charge in [-0.05, 0) is 30.3 Å². The molecule has 0 saturated carbocycles. The molecule has 0 radical (unpaired) electrons. The van der Waals surface area contributed by atoms with E-state index in [0.29, 0.717) is 0 Å². The van der Waals surface area contributed by atoms with Gasteiger partial charge in [-0.25, -0.2) is 4.79 Å². The Balaban J connectivity index is 2.27. The zero-order chi connectivity index (χ0) is 15.6. The number of benzene rings is 2. The van der Waals surface area contributed by atoms with Gasteiger partial charge in [-0.2, -0.15) is 0 Å². The summed E-state index contributed by atoms with van der Waals surface area (Å²) in [5, 5.41) is 30.1. The number of rotatable bonds is 3. The SMILES string of the molecule is O=C(Nc1ccc(Cl)c(C(=O)O)c1)c1cc(O)cc(O)c1.